The SMILES string of the molecule is CCOC(=O)C1(C(=O)OCC)CC[C@@]2(O[C@@H]3CCCC[C@@]3(C)C(C)(C)O2)[C@H]1Cc1ccccc1. The van der Waals surface area contributed by atoms with Crippen LogP contribution in [-0.4, -0.2) is 42.6 Å². The van der Waals surface area contributed by atoms with Gasteiger partial charge in [0.05, 0.1) is 24.9 Å². The Morgan fingerprint density at radius 3 is 2.21 bits per heavy atom. The average Bonchev–Trinajstić information content (AvgIpc) is 3.09. The summed E-state index contributed by atoms with van der Waals surface area (Å²) in [5.41, 5.74) is -1.06. The van der Waals surface area contributed by atoms with Crippen LogP contribution in [0, 0.1) is 16.7 Å². The minimum atomic E-state index is -1.47. The number of esters is 2. The molecule has 3 fully saturated rings. The van der Waals surface area contributed by atoms with Crippen molar-refractivity contribution >= 4 is 11.9 Å². The van der Waals surface area contributed by atoms with Crippen molar-refractivity contribution in [3.05, 3.63) is 35.9 Å². The maximum absolute atomic E-state index is 13.6. The Morgan fingerprint density at radius 2 is 1.59 bits per heavy atom. The van der Waals surface area contributed by atoms with Gasteiger partial charge in [-0.25, -0.2) is 0 Å². The van der Waals surface area contributed by atoms with Crippen LogP contribution in [0.1, 0.15) is 78.7 Å². The van der Waals surface area contributed by atoms with Crippen LogP contribution in [0.5, 0.6) is 0 Å². The zero-order chi connectivity index (χ0) is 24.6. The number of rotatable bonds is 6. The highest BCUT2D eigenvalue weighted by Crippen LogP contribution is 2.62. The van der Waals surface area contributed by atoms with E-state index in [9.17, 15) is 9.59 Å². The molecule has 6 nitrogen and oxygen atoms in total. The summed E-state index contributed by atoms with van der Waals surface area (Å²) in [6.45, 7) is 10.5. The van der Waals surface area contributed by atoms with E-state index >= 15 is 0 Å². The summed E-state index contributed by atoms with van der Waals surface area (Å²) in [6.07, 6.45) is 5.43. The van der Waals surface area contributed by atoms with E-state index in [1.807, 2.05) is 30.3 Å². The third kappa shape index (κ3) is 3.87. The van der Waals surface area contributed by atoms with Crippen LogP contribution in [0.25, 0.3) is 0 Å². The van der Waals surface area contributed by atoms with Crippen molar-refractivity contribution in [3.8, 4) is 0 Å². The van der Waals surface area contributed by atoms with Gasteiger partial charge in [-0.05, 0) is 58.9 Å². The highest BCUT2D eigenvalue weighted by atomic mass is 16.7. The number of fused-ring (bicyclic) bond motifs is 1. The monoisotopic (exact) mass is 472 g/mol. The van der Waals surface area contributed by atoms with Crippen molar-refractivity contribution in [2.45, 2.75) is 97.1 Å². The normalized spacial score (nSPS) is 33.8. The van der Waals surface area contributed by atoms with Crippen LogP contribution in [0.4, 0.5) is 0 Å². The first-order valence-electron chi connectivity index (χ1n) is 12.9. The summed E-state index contributed by atoms with van der Waals surface area (Å²) >= 11 is 0. The lowest BCUT2D eigenvalue weighted by Gasteiger charge is -2.61. The lowest BCUT2D eigenvalue weighted by molar-refractivity contribution is -0.406. The highest BCUT2D eigenvalue weighted by Gasteiger charge is 2.72. The Labute approximate surface area is 203 Å². The van der Waals surface area contributed by atoms with E-state index in [1.54, 1.807) is 13.8 Å². The Bertz CT molecular complexity index is 877. The van der Waals surface area contributed by atoms with Crippen LogP contribution in [-0.2, 0) is 35.0 Å². The second-order valence-electron chi connectivity index (χ2n) is 10.8. The molecule has 1 heterocycles. The second kappa shape index (κ2) is 9.27. The molecular weight excluding hydrogens is 432 g/mol. The van der Waals surface area contributed by atoms with Gasteiger partial charge in [-0.3, -0.25) is 9.59 Å². The lowest BCUT2D eigenvalue weighted by atomic mass is 9.62. The van der Waals surface area contributed by atoms with Crippen molar-refractivity contribution in [3.63, 3.8) is 0 Å². The van der Waals surface area contributed by atoms with Crippen molar-refractivity contribution in [1.82, 2.24) is 0 Å². The molecule has 0 unspecified atom stereocenters. The molecule has 0 aromatic heterocycles. The number of hydrogen-bond acceptors (Lipinski definition) is 6. The Balaban J connectivity index is 1.83. The molecule has 1 aliphatic heterocycles. The summed E-state index contributed by atoms with van der Waals surface area (Å²) in [4.78, 5) is 27.2. The van der Waals surface area contributed by atoms with Gasteiger partial charge in [0, 0.05) is 17.8 Å². The van der Waals surface area contributed by atoms with Crippen LogP contribution >= 0.6 is 0 Å². The largest absolute Gasteiger partial charge is 0.465 e. The number of carbonyl (C=O) groups excluding carboxylic acids is 2. The van der Waals surface area contributed by atoms with E-state index in [4.69, 9.17) is 18.9 Å². The van der Waals surface area contributed by atoms with Gasteiger partial charge in [0.1, 0.15) is 0 Å². The van der Waals surface area contributed by atoms with Crippen molar-refractivity contribution in [2.75, 3.05) is 13.2 Å². The fraction of sp³-hybridized carbons (Fsp3) is 0.714. The predicted octanol–water partition coefficient (Wildman–Crippen LogP) is 5.22. The maximum Gasteiger partial charge on any atom is 0.323 e. The minimum Gasteiger partial charge on any atom is -0.465 e. The minimum absolute atomic E-state index is 0.00321. The first-order valence-corrected chi connectivity index (χ1v) is 12.9. The maximum atomic E-state index is 13.6. The van der Waals surface area contributed by atoms with Crippen molar-refractivity contribution in [1.29, 1.82) is 0 Å². The molecule has 4 rings (SSSR count). The summed E-state index contributed by atoms with van der Waals surface area (Å²) in [6, 6.07) is 9.94. The molecule has 188 valence electrons. The molecule has 6 heteroatoms. The molecule has 3 aliphatic rings. The zero-order valence-electron chi connectivity index (χ0n) is 21.4. The van der Waals surface area contributed by atoms with Crippen molar-refractivity contribution < 1.29 is 28.5 Å². The smallest absolute Gasteiger partial charge is 0.323 e. The topological polar surface area (TPSA) is 71.1 Å². The first-order chi connectivity index (χ1) is 16.1. The molecule has 1 spiro atoms. The summed E-state index contributed by atoms with van der Waals surface area (Å²) in [7, 11) is 0. The fourth-order valence-electron chi connectivity index (χ4n) is 6.62. The third-order valence-corrected chi connectivity index (χ3v) is 8.82. The van der Waals surface area contributed by atoms with E-state index in [1.165, 1.54) is 0 Å². The van der Waals surface area contributed by atoms with Gasteiger partial charge in [-0.1, -0.05) is 50.1 Å². The molecule has 0 radical (unpaired) electrons. The molecule has 1 saturated heterocycles. The second-order valence-corrected chi connectivity index (χ2v) is 10.8. The number of carbonyl (C=O) groups is 2. The molecule has 0 bridgehead atoms. The first kappa shape index (κ1) is 25.2. The van der Waals surface area contributed by atoms with Gasteiger partial charge in [0.15, 0.2) is 11.2 Å². The average molecular weight is 473 g/mol. The van der Waals surface area contributed by atoms with E-state index in [0.29, 0.717) is 12.8 Å². The Morgan fingerprint density at radius 1 is 0.941 bits per heavy atom. The van der Waals surface area contributed by atoms with Gasteiger partial charge in [0.2, 0.25) is 0 Å². The van der Waals surface area contributed by atoms with E-state index in [0.717, 1.165) is 31.2 Å². The number of hydrogen-bond donors (Lipinski definition) is 0. The molecule has 0 amide bonds. The van der Waals surface area contributed by atoms with E-state index in [2.05, 4.69) is 20.8 Å². The van der Waals surface area contributed by atoms with Crippen molar-refractivity contribution in [2.24, 2.45) is 16.7 Å². The molecule has 1 aromatic rings. The van der Waals surface area contributed by atoms with Crippen LogP contribution < -0.4 is 0 Å². The molecule has 1 aromatic carbocycles. The standard InChI is InChI=1S/C28H40O6/c1-6-31-23(29)27(24(30)32-7-2)17-18-28(21(27)19-20-13-9-8-10-14-20)33-22-15-11-12-16-26(22,5)25(3,4)34-28/h8-10,13-14,21-22H,6-7,11-12,15-19H2,1-5H3/t21-,22+,26+,28-/m0/s1. The molecule has 34 heavy (non-hydrogen) atoms. The van der Waals surface area contributed by atoms with Crippen LogP contribution in [0.3, 0.4) is 0 Å². The highest BCUT2D eigenvalue weighted by molar-refractivity contribution is 6.01. The van der Waals surface area contributed by atoms with Gasteiger partial charge >= 0.3 is 11.9 Å². The van der Waals surface area contributed by atoms with Gasteiger partial charge in [0.25, 0.3) is 0 Å². The molecule has 2 saturated carbocycles. The van der Waals surface area contributed by atoms with E-state index in [-0.39, 0.29) is 31.2 Å². The summed E-state index contributed by atoms with van der Waals surface area (Å²) in [5.74, 6) is -2.70. The fourth-order valence-corrected chi connectivity index (χ4v) is 6.62. The Hall–Kier alpha value is -1.92. The van der Waals surface area contributed by atoms with Gasteiger partial charge < -0.3 is 18.9 Å². The molecule has 2 aliphatic carbocycles. The Kier molecular flexibility index (Phi) is 6.87. The zero-order valence-corrected chi connectivity index (χ0v) is 21.4. The van der Waals surface area contributed by atoms with Gasteiger partial charge in [-0.15, -0.1) is 0 Å². The van der Waals surface area contributed by atoms with Crippen LogP contribution in [0.2, 0.25) is 0 Å². The number of ether oxygens (including phenoxy) is 4. The molecule has 0 N–H and O–H groups in total. The summed E-state index contributed by atoms with van der Waals surface area (Å²) < 4.78 is 24.9. The lowest BCUT2D eigenvalue weighted by Crippen LogP contribution is -2.67. The van der Waals surface area contributed by atoms with Gasteiger partial charge in [-0.2, -0.15) is 0 Å². The molecule has 4 atom stereocenters. The van der Waals surface area contributed by atoms with Crippen LogP contribution in [0.15, 0.2) is 30.3 Å². The quantitative estimate of drug-likeness (QED) is 0.417. The third-order valence-electron chi connectivity index (χ3n) is 8.82. The van der Waals surface area contributed by atoms with E-state index < -0.39 is 34.7 Å². The predicted molar refractivity (Wildman–Crippen MR) is 128 cm³/mol. The molecular formula is C28H40O6. The summed E-state index contributed by atoms with van der Waals surface area (Å²) in [5, 5.41) is 0. The number of benzene rings is 1.